The molecule has 0 bridgehead atoms. The predicted octanol–water partition coefficient (Wildman–Crippen LogP) is 3.26. The van der Waals surface area contributed by atoms with Crippen molar-refractivity contribution in [1.82, 2.24) is 5.32 Å². The lowest BCUT2D eigenvalue weighted by molar-refractivity contribution is -0.145. The molecule has 0 aromatic heterocycles. The fourth-order valence-electron chi connectivity index (χ4n) is 3.45. The molecule has 2 atom stereocenters. The van der Waals surface area contributed by atoms with Crippen LogP contribution in [0.4, 0.5) is 0 Å². The average Bonchev–Trinajstić information content (AvgIpc) is 2.94. The minimum absolute atomic E-state index is 0.196. The van der Waals surface area contributed by atoms with Gasteiger partial charge in [-0.15, -0.1) is 0 Å². The van der Waals surface area contributed by atoms with E-state index in [1.54, 1.807) is 0 Å². The van der Waals surface area contributed by atoms with Gasteiger partial charge in [-0.2, -0.15) is 0 Å². The van der Waals surface area contributed by atoms with Crippen LogP contribution < -0.4 is 5.32 Å². The standard InChI is InChI=1S/C18H19NO2/c1-2-18(17(20)21,14-9-4-3-5-10-14)16-15-11-7-6-8-13(15)12-19-16/h3-11,16,19H,2,12H2,1H3,(H,20,21). The van der Waals surface area contributed by atoms with Crippen molar-refractivity contribution >= 4 is 5.97 Å². The summed E-state index contributed by atoms with van der Waals surface area (Å²) in [4.78, 5) is 12.2. The van der Waals surface area contributed by atoms with E-state index < -0.39 is 11.4 Å². The normalized spacial score (nSPS) is 19.8. The molecule has 3 rings (SSSR count). The van der Waals surface area contributed by atoms with Crippen molar-refractivity contribution < 1.29 is 9.90 Å². The Bertz CT molecular complexity index is 653. The molecule has 0 aliphatic carbocycles. The third-order valence-corrected chi connectivity index (χ3v) is 4.58. The lowest BCUT2D eigenvalue weighted by Gasteiger charge is -2.35. The zero-order chi connectivity index (χ0) is 14.9. The van der Waals surface area contributed by atoms with Crippen LogP contribution in [0.1, 0.15) is 36.1 Å². The van der Waals surface area contributed by atoms with Gasteiger partial charge < -0.3 is 10.4 Å². The summed E-state index contributed by atoms with van der Waals surface area (Å²) in [7, 11) is 0. The van der Waals surface area contributed by atoms with E-state index in [1.807, 2.05) is 55.5 Å². The molecule has 0 amide bonds. The molecule has 3 heteroatoms. The van der Waals surface area contributed by atoms with Crippen molar-refractivity contribution in [3.8, 4) is 0 Å². The van der Waals surface area contributed by atoms with Crippen molar-refractivity contribution in [2.75, 3.05) is 0 Å². The smallest absolute Gasteiger partial charge is 0.316 e. The Morgan fingerprint density at radius 3 is 2.52 bits per heavy atom. The number of benzene rings is 2. The summed E-state index contributed by atoms with van der Waals surface area (Å²) in [5.41, 5.74) is 2.21. The molecule has 108 valence electrons. The molecule has 0 saturated carbocycles. The number of hydrogen-bond donors (Lipinski definition) is 2. The van der Waals surface area contributed by atoms with Crippen LogP contribution >= 0.6 is 0 Å². The summed E-state index contributed by atoms with van der Waals surface area (Å²) in [6, 6.07) is 17.5. The van der Waals surface area contributed by atoms with Gasteiger partial charge in [0, 0.05) is 6.54 Å². The van der Waals surface area contributed by atoms with Crippen molar-refractivity contribution in [3.05, 3.63) is 71.3 Å². The van der Waals surface area contributed by atoms with E-state index >= 15 is 0 Å². The second-order valence-electron chi connectivity index (χ2n) is 5.51. The van der Waals surface area contributed by atoms with E-state index in [4.69, 9.17) is 0 Å². The van der Waals surface area contributed by atoms with Crippen LogP contribution in [0, 0.1) is 0 Å². The molecule has 1 aliphatic rings. The van der Waals surface area contributed by atoms with Crippen LogP contribution in [0.3, 0.4) is 0 Å². The minimum atomic E-state index is -0.937. The van der Waals surface area contributed by atoms with Gasteiger partial charge in [0.05, 0.1) is 6.04 Å². The Morgan fingerprint density at radius 1 is 1.19 bits per heavy atom. The molecule has 3 nitrogen and oxygen atoms in total. The summed E-state index contributed by atoms with van der Waals surface area (Å²) in [5.74, 6) is -0.773. The lowest BCUT2D eigenvalue weighted by atomic mass is 9.70. The largest absolute Gasteiger partial charge is 0.481 e. The molecular formula is C18H19NO2. The first-order valence-corrected chi connectivity index (χ1v) is 7.30. The summed E-state index contributed by atoms with van der Waals surface area (Å²) < 4.78 is 0. The molecule has 0 fully saturated rings. The van der Waals surface area contributed by atoms with E-state index in [-0.39, 0.29) is 6.04 Å². The van der Waals surface area contributed by atoms with E-state index in [1.165, 1.54) is 5.56 Å². The molecule has 1 heterocycles. The zero-order valence-electron chi connectivity index (χ0n) is 12.0. The van der Waals surface area contributed by atoms with E-state index in [2.05, 4.69) is 11.4 Å². The van der Waals surface area contributed by atoms with Crippen LogP contribution in [-0.4, -0.2) is 11.1 Å². The number of fused-ring (bicyclic) bond motifs is 1. The SMILES string of the molecule is CCC(C(=O)O)(c1ccccc1)C1NCc2ccccc21. The Hall–Kier alpha value is -2.13. The number of carboxylic acids is 1. The highest BCUT2D eigenvalue weighted by Crippen LogP contribution is 2.44. The molecular weight excluding hydrogens is 262 g/mol. The maximum atomic E-state index is 12.2. The van der Waals surface area contributed by atoms with Gasteiger partial charge in [0.25, 0.3) is 0 Å². The van der Waals surface area contributed by atoms with Crippen LogP contribution in [0.15, 0.2) is 54.6 Å². The number of carboxylic acid groups (broad SMARTS) is 1. The summed E-state index contributed by atoms with van der Waals surface area (Å²) in [6.45, 7) is 2.67. The fraction of sp³-hybridized carbons (Fsp3) is 0.278. The molecule has 2 unspecified atom stereocenters. The van der Waals surface area contributed by atoms with Crippen LogP contribution in [-0.2, 0) is 16.8 Å². The first kappa shape index (κ1) is 13.8. The quantitative estimate of drug-likeness (QED) is 0.904. The van der Waals surface area contributed by atoms with Gasteiger partial charge in [0.15, 0.2) is 0 Å². The van der Waals surface area contributed by atoms with Gasteiger partial charge in [-0.3, -0.25) is 4.79 Å². The third-order valence-electron chi connectivity index (χ3n) is 4.58. The van der Waals surface area contributed by atoms with E-state index in [0.717, 1.165) is 17.7 Å². The third kappa shape index (κ3) is 2.05. The van der Waals surface area contributed by atoms with Gasteiger partial charge in [-0.25, -0.2) is 0 Å². The minimum Gasteiger partial charge on any atom is -0.481 e. The monoisotopic (exact) mass is 281 g/mol. The first-order chi connectivity index (χ1) is 10.2. The maximum absolute atomic E-state index is 12.2. The molecule has 2 aromatic rings. The van der Waals surface area contributed by atoms with Crippen molar-refractivity contribution in [3.63, 3.8) is 0 Å². The Balaban J connectivity index is 2.16. The van der Waals surface area contributed by atoms with Gasteiger partial charge in [-0.05, 0) is 23.1 Å². The molecule has 2 aromatic carbocycles. The highest BCUT2D eigenvalue weighted by atomic mass is 16.4. The number of carbonyl (C=O) groups is 1. The first-order valence-electron chi connectivity index (χ1n) is 7.30. The van der Waals surface area contributed by atoms with Crippen molar-refractivity contribution in [2.45, 2.75) is 31.3 Å². The van der Waals surface area contributed by atoms with Crippen LogP contribution in [0.25, 0.3) is 0 Å². The lowest BCUT2D eigenvalue weighted by Crippen LogP contribution is -2.45. The number of rotatable bonds is 4. The molecule has 0 saturated heterocycles. The summed E-state index contributed by atoms with van der Waals surface area (Å²) in [6.07, 6.45) is 0.540. The molecule has 21 heavy (non-hydrogen) atoms. The molecule has 0 radical (unpaired) electrons. The second kappa shape index (κ2) is 5.34. The van der Waals surface area contributed by atoms with Crippen LogP contribution in [0.2, 0.25) is 0 Å². The van der Waals surface area contributed by atoms with Gasteiger partial charge in [0.2, 0.25) is 0 Å². The van der Waals surface area contributed by atoms with Crippen molar-refractivity contribution in [1.29, 1.82) is 0 Å². The van der Waals surface area contributed by atoms with Crippen molar-refractivity contribution in [2.24, 2.45) is 0 Å². The fourth-order valence-corrected chi connectivity index (χ4v) is 3.45. The highest BCUT2D eigenvalue weighted by Gasteiger charge is 2.48. The summed E-state index contributed by atoms with van der Waals surface area (Å²) in [5, 5.41) is 13.4. The van der Waals surface area contributed by atoms with Gasteiger partial charge >= 0.3 is 5.97 Å². The van der Waals surface area contributed by atoms with Crippen LogP contribution in [0.5, 0.6) is 0 Å². The molecule has 1 aliphatic heterocycles. The Kier molecular flexibility index (Phi) is 3.52. The Morgan fingerprint density at radius 2 is 1.86 bits per heavy atom. The topological polar surface area (TPSA) is 49.3 Å². The zero-order valence-corrected chi connectivity index (χ0v) is 12.0. The van der Waals surface area contributed by atoms with Gasteiger partial charge in [-0.1, -0.05) is 61.5 Å². The molecule has 0 spiro atoms. The predicted molar refractivity (Wildman–Crippen MR) is 82.1 cm³/mol. The van der Waals surface area contributed by atoms with E-state index in [0.29, 0.717) is 6.42 Å². The number of nitrogens with one attached hydrogen (secondary N) is 1. The van der Waals surface area contributed by atoms with E-state index in [9.17, 15) is 9.90 Å². The summed E-state index contributed by atoms with van der Waals surface area (Å²) >= 11 is 0. The average molecular weight is 281 g/mol. The maximum Gasteiger partial charge on any atom is 0.316 e. The molecule has 2 N–H and O–H groups in total. The highest BCUT2D eigenvalue weighted by molar-refractivity contribution is 5.83. The Labute approximate surface area is 124 Å². The number of hydrogen-bond acceptors (Lipinski definition) is 2. The number of aliphatic carboxylic acids is 1. The van der Waals surface area contributed by atoms with Gasteiger partial charge in [0.1, 0.15) is 5.41 Å². The second-order valence-corrected chi connectivity index (χ2v) is 5.51.